The van der Waals surface area contributed by atoms with E-state index in [0.29, 0.717) is 38.5 Å². The number of carbonyl (C=O) groups excluding carboxylic acids is 4. The monoisotopic (exact) mass is 1460 g/mol. The molecule has 0 radical (unpaired) electrons. The molecule has 102 heavy (non-hydrogen) atoms. The van der Waals surface area contributed by atoms with Gasteiger partial charge in [0.25, 0.3) is 0 Å². The molecule has 0 fully saturated rings. The maximum absolute atomic E-state index is 13.1. The zero-order valence-electron chi connectivity index (χ0n) is 62.7. The van der Waals surface area contributed by atoms with Crippen LogP contribution in [-0.2, 0) is 65.4 Å². The molecule has 0 aliphatic carbocycles. The van der Waals surface area contributed by atoms with Gasteiger partial charge in [-0.1, -0.05) is 274 Å². The molecule has 0 aromatic heterocycles. The van der Waals surface area contributed by atoms with E-state index >= 15 is 0 Å². The van der Waals surface area contributed by atoms with E-state index in [2.05, 4.69) is 180 Å². The third kappa shape index (κ3) is 72.5. The van der Waals surface area contributed by atoms with E-state index < -0.39 is 97.5 Å². The summed E-state index contributed by atoms with van der Waals surface area (Å²) >= 11 is 0. The minimum Gasteiger partial charge on any atom is -0.462 e. The second-order valence-electron chi connectivity index (χ2n) is 24.5. The molecule has 0 amide bonds. The Kier molecular flexibility index (Phi) is 69.3. The highest BCUT2D eigenvalue weighted by Gasteiger charge is 2.30. The van der Waals surface area contributed by atoms with Crippen LogP contribution in [0, 0.1) is 0 Å². The number of hydrogen-bond donors (Lipinski definition) is 3. The lowest BCUT2D eigenvalue weighted by Gasteiger charge is -2.21. The van der Waals surface area contributed by atoms with Crippen molar-refractivity contribution in [1.29, 1.82) is 0 Å². The second kappa shape index (κ2) is 73.5. The van der Waals surface area contributed by atoms with E-state index in [9.17, 15) is 43.2 Å². The number of allylic oxidation sites excluding steroid dienone is 30. The van der Waals surface area contributed by atoms with Gasteiger partial charge in [0, 0.05) is 25.7 Å². The van der Waals surface area contributed by atoms with Gasteiger partial charge in [-0.2, -0.15) is 0 Å². The molecule has 19 heteroatoms. The molecule has 576 valence electrons. The topological polar surface area (TPSA) is 237 Å². The first kappa shape index (κ1) is 96.2. The molecule has 0 saturated heterocycles. The van der Waals surface area contributed by atoms with Crippen molar-refractivity contribution in [1.82, 2.24) is 0 Å². The summed E-state index contributed by atoms with van der Waals surface area (Å²) in [7, 11) is -10.0. The zero-order valence-corrected chi connectivity index (χ0v) is 64.5. The van der Waals surface area contributed by atoms with Crippen molar-refractivity contribution in [2.24, 2.45) is 0 Å². The normalized spacial score (nSPS) is 14.9. The smallest absolute Gasteiger partial charge is 0.462 e. The molecule has 0 spiro atoms. The standard InChI is InChI=1S/C83H132O17P2/c1-5-9-13-17-21-25-29-32-35-37-38-40-42-45-49-52-56-60-64-68-81(86)94-74-79(100-83(88)70-66-62-58-54-50-46-43-39-36-33-30-26-22-18-14-10-6-2)76-98-102(91,92)96-72-77(84)71-95-101(89,90)97-75-78(99-82(87)69-65-61-57-53-47-28-24-20-16-12-8-4)73-93-80(85)67-63-59-55-51-48-44-41-34-31-27-23-19-15-11-7-3/h9-11,13-15,21-23,25-27,32-36,38,40-41,43,45-46,48-49,51,54,56,58,60,77-79,84H,5-8,12,16-20,24,28-31,37,39,42,44,47,50,52-53,55,57,59,61-76H2,1-4H3,(H,89,90)(H,91,92)/b13-9-,14-10-,15-11-,25-21-,26-22-,27-23-,35-32-,36-33-,40-38-,41-34-,46-43-,49-45-,51-48-,58-54-,60-56-. The highest BCUT2D eigenvalue weighted by Crippen LogP contribution is 2.45. The Hall–Kier alpha value is -5.84. The number of unbranched alkanes of at least 4 members (excludes halogenated alkanes) is 13. The van der Waals surface area contributed by atoms with Gasteiger partial charge in [-0.05, 0) is 141 Å². The van der Waals surface area contributed by atoms with Gasteiger partial charge >= 0.3 is 39.5 Å². The van der Waals surface area contributed by atoms with Crippen molar-refractivity contribution >= 4 is 39.5 Å². The van der Waals surface area contributed by atoms with Crippen molar-refractivity contribution in [3.05, 3.63) is 182 Å². The van der Waals surface area contributed by atoms with Gasteiger partial charge < -0.3 is 33.8 Å². The predicted molar refractivity (Wildman–Crippen MR) is 417 cm³/mol. The predicted octanol–water partition coefficient (Wildman–Crippen LogP) is 22.0. The van der Waals surface area contributed by atoms with Crippen LogP contribution in [0.4, 0.5) is 0 Å². The molecule has 0 heterocycles. The molecule has 0 aromatic carbocycles. The number of carbonyl (C=O) groups is 4. The first-order valence-corrected chi connectivity index (χ1v) is 41.0. The van der Waals surface area contributed by atoms with Crippen LogP contribution in [0.3, 0.4) is 0 Å². The average molecular weight is 1460 g/mol. The Morgan fingerprint density at radius 2 is 0.539 bits per heavy atom. The molecule has 0 aromatic rings. The van der Waals surface area contributed by atoms with Crippen molar-refractivity contribution in [2.75, 3.05) is 39.6 Å². The van der Waals surface area contributed by atoms with Crippen LogP contribution in [-0.4, -0.2) is 96.7 Å². The van der Waals surface area contributed by atoms with Gasteiger partial charge in [0.15, 0.2) is 12.2 Å². The number of esters is 4. The quantitative estimate of drug-likeness (QED) is 0.0169. The molecule has 5 unspecified atom stereocenters. The van der Waals surface area contributed by atoms with Gasteiger partial charge in [0.1, 0.15) is 19.3 Å². The Bertz CT molecular complexity index is 2650. The summed E-state index contributed by atoms with van der Waals surface area (Å²) in [5, 5.41) is 10.6. The van der Waals surface area contributed by atoms with Gasteiger partial charge in [-0.25, -0.2) is 9.13 Å². The second-order valence-corrected chi connectivity index (χ2v) is 27.4. The number of aliphatic hydroxyl groups excluding tert-OH is 1. The SMILES string of the molecule is CC/C=C\C/C=C\C/C=C\C/C=C\C/C=C\C/C=C\CCC(=O)OCC(COP(=O)(O)OCC(O)COP(=O)(O)OCC(COC(=O)CCCC/C=C\C/C=C\C/C=C\C/C=C\CC)OC(=O)CCCCCCCCCCCCC)OC(=O)CCC/C=C\C/C=C\C/C=C\C/C=C\C/C=C\CC. The lowest BCUT2D eigenvalue weighted by molar-refractivity contribution is -0.161. The number of hydrogen-bond acceptors (Lipinski definition) is 15. The molecule has 0 rings (SSSR count). The maximum Gasteiger partial charge on any atom is 0.472 e. The Labute approximate surface area is 615 Å². The lowest BCUT2D eigenvalue weighted by atomic mass is 10.1. The molecule has 0 aliphatic heterocycles. The number of ether oxygens (including phenoxy) is 4. The van der Waals surface area contributed by atoms with E-state index in [-0.39, 0.29) is 25.7 Å². The van der Waals surface area contributed by atoms with E-state index in [0.717, 1.165) is 128 Å². The van der Waals surface area contributed by atoms with Crippen molar-refractivity contribution in [2.45, 2.75) is 277 Å². The van der Waals surface area contributed by atoms with Gasteiger partial charge in [-0.3, -0.25) is 37.3 Å². The Morgan fingerprint density at radius 3 is 0.882 bits per heavy atom. The fraction of sp³-hybridized carbons (Fsp3) is 0.590. The summed E-state index contributed by atoms with van der Waals surface area (Å²) in [6.45, 7) is 4.28. The summed E-state index contributed by atoms with van der Waals surface area (Å²) < 4.78 is 68.3. The molecule has 0 saturated carbocycles. The van der Waals surface area contributed by atoms with Crippen LogP contribution in [0.5, 0.6) is 0 Å². The van der Waals surface area contributed by atoms with E-state index in [1.54, 1.807) is 0 Å². The molecule has 5 atom stereocenters. The highest BCUT2D eigenvalue weighted by molar-refractivity contribution is 7.47. The number of phosphoric acid groups is 2. The van der Waals surface area contributed by atoms with E-state index in [1.165, 1.54) is 38.5 Å². The Balaban J connectivity index is 5.51. The van der Waals surface area contributed by atoms with Crippen molar-refractivity contribution < 1.29 is 80.2 Å². The summed E-state index contributed by atoms with van der Waals surface area (Å²) in [6.07, 6.45) is 87.8. The fourth-order valence-corrected chi connectivity index (χ4v) is 10.8. The minimum absolute atomic E-state index is 0.00725. The molecule has 3 N–H and O–H groups in total. The molecule has 17 nitrogen and oxygen atoms in total. The van der Waals surface area contributed by atoms with Crippen LogP contribution in [0.2, 0.25) is 0 Å². The van der Waals surface area contributed by atoms with Gasteiger partial charge in [0.05, 0.1) is 26.4 Å². The van der Waals surface area contributed by atoms with Crippen LogP contribution < -0.4 is 0 Å². The molecular weight excluding hydrogens is 1330 g/mol. The van der Waals surface area contributed by atoms with Crippen molar-refractivity contribution in [3.8, 4) is 0 Å². The van der Waals surface area contributed by atoms with Crippen LogP contribution >= 0.6 is 15.6 Å². The Morgan fingerprint density at radius 1 is 0.284 bits per heavy atom. The van der Waals surface area contributed by atoms with E-state index in [4.69, 9.17) is 37.0 Å². The molecule has 0 aliphatic rings. The van der Waals surface area contributed by atoms with Crippen LogP contribution in [0.25, 0.3) is 0 Å². The average Bonchev–Trinajstić information content (AvgIpc) is 0.921. The third-order valence-electron chi connectivity index (χ3n) is 14.9. The zero-order chi connectivity index (χ0) is 74.6. The number of aliphatic hydroxyl groups is 1. The van der Waals surface area contributed by atoms with Gasteiger partial charge in [0.2, 0.25) is 0 Å². The summed E-state index contributed by atoms with van der Waals surface area (Å²) in [5.74, 6) is -2.41. The van der Waals surface area contributed by atoms with Crippen molar-refractivity contribution in [3.63, 3.8) is 0 Å². The molecule has 0 bridgehead atoms. The summed E-state index contributed by atoms with van der Waals surface area (Å²) in [6, 6.07) is 0. The third-order valence-corrected chi connectivity index (χ3v) is 16.8. The summed E-state index contributed by atoms with van der Waals surface area (Å²) in [4.78, 5) is 72.8. The summed E-state index contributed by atoms with van der Waals surface area (Å²) in [5.41, 5.74) is 0. The first-order valence-electron chi connectivity index (χ1n) is 38.0. The largest absolute Gasteiger partial charge is 0.472 e. The maximum atomic E-state index is 13.1. The first-order chi connectivity index (χ1) is 49.7. The lowest BCUT2D eigenvalue weighted by Crippen LogP contribution is -2.30. The molecular formula is C83H132O17P2. The number of phosphoric ester groups is 2. The number of rotatable bonds is 69. The minimum atomic E-state index is -5.02. The van der Waals surface area contributed by atoms with Crippen LogP contribution in [0.15, 0.2) is 182 Å². The van der Waals surface area contributed by atoms with Crippen LogP contribution in [0.1, 0.15) is 259 Å². The van der Waals surface area contributed by atoms with E-state index in [1.807, 2.05) is 30.4 Å². The van der Waals surface area contributed by atoms with Gasteiger partial charge in [-0.15, -0.1) is 0 Å². The fourth-order valence-electron chi connectivity index (χ4n) is 9.21. The highest BCUT2D eigenvalue weighted by atomic mass is 31.2.